The summed E-state index contributed by atoms with van der Waals surface area (Å²) < 4.78 is 5.05. The molecule has 0 fully saturated rings. The Labute approximate surface area is 112 Å². The van der Waals surface area contributed by atoms with Crippen molar-refractivity contribution in [3.05, 3.63) is 35.9 Å². The minimum absolute atomic E-state index is 0.260. The Morgan fingerprint density at radius 2 is 2.11 bits per heavy atom. The van der Waals surface area contributed by atoms with Gasteiger partial charge < -0.3 is 4.74 Å². The second-order valence-electron chi connectivity index (χ2n) is 3.90. The third kappa shape index (κ3) is 3.02. The van der Waals surface area contributed by atoms with Gasteiger partial charge in [-0.1, -0.05) is 30.3 Å². The first kappa shape index (κ1) is 14.5. The van der Waals surface area contributed by atoms with E-state index in [9.17, 15) is 10.1 Å². The van der Waals surface area contributed by atoms with Gasteiger partial charge >= 0.3 is 5.97 Å². The molecule has 0 heterocycles. The third-order valence-corrected chi connectivity index (χ3v) is 3.03. The highest BCUT2D eigenvalue weighted by molar-refractivity contribution is 6.17. The quantitative estimate of drug-likeness (QED) is 0.587. The van der Waals surface area contributed by atoms with Crippen molar-refractivity contribution in [2.45, 2.75) is 25.2 Å². The molecule has 1 aromatic carbocycles. The smallest absolute Gasteiger partial charge is 0.331 e. The Hall–Kier alpha value is -1.53. The molecule has 0 bridgehead atoms. The molecule has 18 heavy (non-hydrogen) atoms. The van der Waals surface area contributed by atoms with Gasteiger partial charge in [-0.3, -0.25) is 0 Å². The molecule has 4 heteroatoms. The lowest BCUT2D eigenvalue weighted by molar-refractivity contribution is -0.148. The van der Waals surface area contributed by atoms with Crippen LogP contribution in [0, 0.1) is 11.3 Å². The van der Waals surface area contributed by atoms with Crippen LogP contribution in [0.2, 0.25) is 0 Å². The summed E-state index contributed by atoms with van der Waals surface area (Å²) in [6.07, 6.45) is 0.957. The molecule has 96 valence electrons. The van der Waals surface area contributed by atoms with Crippen molar-refractivity contribution in [1.82, 2.24) is 0 Å². The van der Waals surface area contributed by atoms with Gasteiger partial charge in [0.1, 0.15) is 0 Å². The van der Waals surface area contributed by atoms with Gasteiger partial charge in [-0.25, -0.2) is 4.79 Å². The number of rotatable bonds is 6. The molecule has 1 aromatic rings. The number of carbonyl (C=O) groups excluding carboxylic acids is 1. The Balaban J connectivity index is 3.15. The number of nitrogens with zero attached hydrogens (tertiary/aromatic N) is 1. The molecule has 0 aliphatic heterocycles. The Bertz CT molecular complexity index is 427. The first-order chi connectivity index (χ1) is 8.71. The van der Waals surface area contributed by atoms with Crippen LogP contribution in [0.1, 0.15) is 25.3 Å². The molecule has 0 saturated carbocycles. The van der Waals surface area contributed by atoms with E-state index in [2.05, 4.69) is 6.07 Å². The first-order valence-electron chi connectivity index (χ1n) is 5.91. The van der Waals surface area contributed by atoms with Crippen molar-refractivity contribution in [3.8, 4) is 6.07 Å². The summed E-state index contributed by atoms with van der Waals surface area (Å²) in [5.74, 6) is -0.0841. The lowest BCUT2D eigenvalue weighted by Crippen LogP contribution is -2.36. The number of carbonyl (C=O) groups is 1. The molecule has 0 saturated heterocycles. The second-order valence-corrected chi connectivity index (χ2v) is 4.27. The summed E-state index contributed by atoms with van der Waals surface area (Å²) in [7, 11) is 0. The highest BCUT2D eigenvalue weighted by atomic mass is 35.5. The third-order valence-electron chi connectivity index (χ3n) is 2.77. The predicted octanol–water partition coefficient (Wildman–Crippen LogP) is 3.03. The summed E-state index contributed by atoms with van der Waals surface area (Å²) in [5, 5.41) is 9.46. The molecule has 1 rings (SSSR count). The minimum atomic E-state index is -1.24. The molecule has 0 aliphatic rings. The lowest BCUT2D eigenvalue weighted by atomic mass is 9.78. The van der Waals surface area contributed by atoms with Crippen molar-refractivity contribution in [2.24, 2.45) is 0 Å². The van der Waals surface area contributed by atoms with E-state index in [1.54, 1.807) is 31.2 Å². The van der Waals surface area contributed by atoms with Crippen LogP contribution in [0.25, 0.3) is 0 Å². The fourth-order valence-electron chi connectivity index (χ4n) is 1.84. The first-order valence-corrected chi connectivity index (χ1v) is 6.44. The maximum atomic E-state index is 12.1. The van der Waals surface area contributed by atoms with Crippen LogP contribution in [0.4, 0.5) is 0 Å². The van der Waals surface area contributed by atoms with Gasteiger partial charge in [0.2, 0.25) is 0 Å². The monoisotopic (exact) mass is 265 g/mol. The fraction of sp³-hybridized carbons (Fsp3) is 0.429. The maximum Gasteiger partial charge on any atom is 0.331 e. The summed E-state index contributed by atoms with van der Waals surface area (Å²) in [4.78, 5) is 12.1. The summed E-state index contributed by atoms with van der Waals surface area (Å²) in [6, 6.07) is 11.1. The number of halogens is 1. The molecule has 0 unspecified atom stereocenters. The Kier molecular flexibility index (Phi) is 5.67. The standard InChI is InChI=1S/C14H16ClNO2/c1-2-18-13(17)14(11-16,9-6-10-15)12-7-4-3-5-8-12/h3-5,7-8H,2,6,9-10H2,1H3/t14-/m0/s1. The van der Waals surface area contributed by atoms with Gasteiger partial charge in [-0.05, 0) is 25.3 Å². The van der Waals surface area contributed by atoms with E-state index in [0.29, 0.717) is 24.3 Å². The van der Waals surface area contributed by atoms with Gasteiger partial charge in [0, 0.05) is 5.88 Å². The van der Waals surface area contributed by atoms with Gasteiger partial charge in [-0.15, -0.1) is 11.6 Å². The number of benzene rings is 1. The topological polar surface area (TPSA) is 50.1 Å². The molecular weight excluding hydrogens is 250 g/mol. The number of ether oxygens (including phenoxy) is 1. The van der Waals surface area contributed by atoms with Crippen LogP contribution in [-0.4, -0.2) is 18.5 Å². The van der Waals surface area contributed by atoms with E-state index in [1.807, 2.05) is 6.07 Å². The van der Waals surface area contributed by atoms with Gasteiger partial charge in [0.25, 0.3) is 0 Å². The van der Waals surface area contributed by atoms with Crippen LogP contribution >= 0.6 is 11.6 Å². The highest BCUT2D eigenvalue weighted by Gasteiger charge is 2.41. The number of hydrogen-bond acceptors (Lipinski definition) is 3. The van der Waals surface area contributed by atoms with Gasteiger partial charge in [-0.2, -0.15) is 5.26 Å². The normalized spacial score (nSPS) is 13.4. The van der Waals surface area contributed by atoms with E-state index in [4.69, 9.17) is 16.3 Å². The van der Waals surface area contributed by atoms with Crippen LogP contribution in [0.15, 0.2) is 30.3 Å². The number of hydrogen-bond donors (Lipinski definition) is 0. The van der Waals surface area contributed by atoms with Gasteiger partial charge in [0.05, 0.1) is 12.7 Å². The lowest BCUT2D eigenvalue weighted by Gasteiger charge is -2.24. The highest BCUT2D eigenvalue weighted by Crippen LogP contribution is 2.30. The molecule has 0 spiro atoms. The van der Waals surface area contributed by atoms with E-state index < -0.39 is 11.4 Å². The number of esters is 1. The minimum Gasteiger partial charge on any atom is -0.465 e. The average Bonchev–Trinajstić information content (AvgIpc) is 2.42. The van der Waals surface area contributed by atoms with Gasteiger partial charge in [0.15, 0.2) is 5.41 Å². The van der Waals surface area contributed by atoms with E-state index in [1.165, 1.54) is 0 Å². The number of alkyl halides is 1. The zero-order valence-electron chi connectivity index (χ0n) is 10.4. The maximum absolute atomic E-state index is 12.1. The zero-order valence-corrected chi connectivity index (χ0v) is 11.1. The molecule has 3 nitrogen and oxygen atoms in total. The average molecular weight is 266 g/mol. The van der Waals surface area contributed by atoms with E-state index >= 15 is 0 Å². The largest absolute Gasteiger partial charge is 0.465 e. The van der Waals surface area contributed by atoms with Crippen molar-refractivity contribution in [2.75, 3.05) is 12.5 Å². The SMILES string of the molecule is CCOC(=O)[C@](C#N)(CCCCl)c1ccccc1. The molecule has 0 amide bonds. The molecule has 0 N–H and O–H groups in total. The van der Waals surface area contributed by atoms with Crippen molar-refractivity contribution in [1.29, 1.82) is 5.26 Å². The fourth-order valence-corrected chi connectivity index (χ4v) is 1.97. The molecule has 0 radical (unpaired) electrons. The summed E-state index contributed by atoms with van der Waals surface area (Å²) in [6.45, 7) is 1.99. The molecular formula is C14H16ClNO2. The summed E-state index contributed by atoms with van der Waals surface area (Å²) in [5.41, 5.74) is -0.581. The molecule has 0 aliphatic carbocycles. The van der Waals surface area contributed by atoms with E-state index in [-0.39, 0.29) is 6.61 Å². The Morgan fingerprint density at radius 1 is 1.44 bits per heavy atom. The molecule has 0 aromatic heterocycles. The van der Waals surface area contributed by atoms with Crippen molar-refractivity contribution >= 4 is 17.6 Å². The zero-order chi connectivity index (χ0) is 13.4. The van der Waals surface area contributed by atoms with Crippen molar-refractivity contribution < 1.29 is 9.53 Å². The Morgan fingerprint density at radius 3 is 2.61 bits per heavy atom. The van der Waals surface area contributed by atoms with Crippen LogP contribution in [0.3, 0.4) is 0 Å². The van der Waals surface area contributed by atoms with E-state index in [0.717, 1.165) is 0 Å². The van der Waals surface area contributed by atoms with Crippen molar-refractivity contribution in [3.63, 3.8) is 0 Å². The van der Waals surface area contributed by atoms with Crippen LogP contribution in [-0.2, 0) is 14.9 Å². The second kappa shape index (κ2) is 7.03. The number of nitriles is 1. The molecule has 1 atom stereocenters. The van der Waals surface area contributed by atoms with Crippen LogP contribution in [0.5, 0.6) is 0 Å². The predicted molar refractivity (Wildman–Crippen MR) is 70.3 cm³/mol. The summed E-state index contributed by atoms with van der Waals surface area (Å²) >= 11 is 5.67. The van der Waals surface area contributed by atoms with Crippen LogP contribution < -0.4 is 0 Å².